The van der Waals surface area contributed by atoms with Gasteiger partial charge >= 0.3 is 0 Å². The smallest absolute Gasteiger partial charge is 0.253 e. The van der Waals surface area contributed by atoms with Gasteiger partial charge in [0.15, 0.2) is 11.5 Å². The van der Waals surface area contributed by atoms with Gasteiger partial charge in [0.2, 0.25) is 6.79 Å². The number of rotatable bonds is 5. The molecule has 3 aromatic carbocycles. The third-order valence-electron chi connectivity index (χ3n) is 4.84. The van der Waals surface area contributed by atoms with Crippen molar-refractivity contribution in [2.45, 2.75) is 20.0 Å². The van der Waals surface area contributed by atoms with Gasteiger partial charge in [0.25, 0.3) is 11.8 Å². The Balaban J connectivity index is 1.62. The molecule has 0 aliphatic carbocycles. The minimum atomic E-state index is -0.750. The van der Waals surface area contributed by atoms with Gasteiger partial charge in [-0.2, -0.15) is 0 Å². The Hall–Kier alpha value is -3.80. The van der Waals surface area contributed by atoms with Gasteiger partial charge in [-0.05, 0) is 55.8 Å². The van der Waals surface area contributed by atoms with E-state index in [4.69, 9.17) is 9.47 Å². The minimum absolute atomic E-state index is 0.148. The number of amides is 2. The highest BCUT2D eigenvalue weighted by Gasteiger charge is 2.22. The highest BCUT2D eigenvalue weighted by molar-refractivity contribution is 5.97. The summed E-state index contributed by atoms with van der Waals surface area (Å²) in [5.41, 5.74) is 3.68. The monoisotopic (exact) mass is 402 g/mol. The van der Waals surface area contributed by atoms with Crippen LogP contribution >= 0.6 is 0 Å². The number of nitrogens with one attached hydrogen (secondary N) is 2. The second-order valence-electron chi connectivity index (χ2n) is 7.23. The van der Waals surface area contributed by atoms with Crippen molar-refractivity contribution in [3.05, 3.63) is 94.5 Å². The van der Waals surface area contributed by atoms with Gasteiger partial charge in [-0.3, -0.25) is 9.59 Å². The van der Waals surface area contributed by atoms with E-state index < -0.39 is 6.17 Å². The van der Waals surface area contributed by atoms with Gasteiger partial charge in [0.1, 0.15) is 6.17 Å². The lowest BCUT2D eigenvalue weighted by Crippen LogP contribution is -2.41. The second kappa shape index (κ2) is 8.29. The molecule has 0 bridgehead atoms. The third-order valence-corrected chi connectivity index (χ3v) is 4.84. The molecule has 3 aromatic rings. The molecule has 1 aliphatic heterocycles. The molecule has 0 unspecified atom stereocenters. The standard InChI is InChI=1S/C24H22N2O4/c1-15-5-3-7-18(11-15)23(27)25-22(17-9-10-20-21(13-17)30-14-29-20)26-24(28)19-8-4-6-16(2)12-19/h3-13,22H,14H2,1-2H3,(H,25,27)(H,26,28). The van der Waals surface area contributed by atoms with Crippen LogP contribution in [0.4, 0.5) is 0 Å². The molecule has 6 nitrogen and oxygen atoms in total. The molecule has 4 rings (SSSR count). The minimum Gasteiger partial charge on any atom is -0.454 e. The zero-order chi connectivity index (χ0) is 21.1. The molecule has 152 valence electrons. The largest absolute Gasteiger partial charge is 0.454 e. The molecule has 2 amide bonds. The predicted octanol–water partition coefficient (Wildman–Crippen LogP) is 3.89. The summed E-state index contributed by atoms with van der Waals surface area (Å²) in [6, 6.07) is 19.9. The van der Waals surface area contributed by atoms with E-state index in [0.29, 0.717) is 28.2 Å². The van der Waals surface area contributed by atoms with Crippen molar-refractivity contribution in [1.29, 1.82) is 0 Å². The number of carbonyl (C=O) groups is 2. The van der Waals surface area contributed by atoms with Crippen LogP contribution < -0.4 is 20.1 Å². The maximum Gasteiger partial charge on any atom is 0.253 e. The summed E-state index contributed by atoms with van der Waals surface area (Å²) >= 11 is 0. The van der Waals surface area contributed by atoms with Crippen molar-refractivity contribution >= 4 is 11.8 Å². The molecule has 0 atom stereocenters. The molecule has 30 heavy (non-hydrogen) atoms. The van der Waals surface area contributed by atoms with E-state index in [-0.39, 0.29) is 18.6 Å². The van der Waals surface area contributed by atoms with Crippen molar-refractivity contribution in [2.75, 3.05) is 6.79 Å². The quantitative estimate of drug-likeness (QED) is 0.635. The van der Waals surface area contributed by atoms with E-state index in [1.54, 1.807) is 42.5 Å². The average Bonchev–Trinajstić information content (AvgIpc) is 3.21. The van der Waals surface area contributed by atoms with Crippen LogP contribution in [0.3, 0.4) is 0 Å². The average molecular weight is 402 g/mol. The van der Waals surface area contributed by atoms with E-state index in [1.165, 1.54) is 0 Å². The van der Waals surface area contributed by atoms with Gasteiger partial charge in [-0.15, -0.1) is 0 Å². The zero-order valence-corrected chi connectivity index (χ0v) is 16.8. The molecule has 2 N–H and O–H groups in total. The van der Waals surface area contributed by atoms with Crippen LogP contribution in [-0.4, -0.2) is 18.6 Å². The second-order valence-corrected chi connectivity index (χ2v) is 7.23. The summed E-state index contributed by atoms with van der Waals surface area (Å²) in [5, 5.41) is 5.83. The Kier molecular flexibility index (Phi) is 5.39. The molecular weight excluding hydrogens is 380 g/mol. The SMILES string of the molecule is Cc1cccc(C(=O)NC(NC(=O)c2cccc(C)c2)c2ccc3c(c2)OCO3)c1. The molecule has 0 fully saturated rings. The molecule has 0 radical (unpaired) electrons. The molecule has 0 saturated carbocycles. The van der Waals surface area contributed by atoms with Crippen molar-refractivity contribution in [2.24, 2.45) is 0 Å². The summed E-state index contributed by atoms with van der Waals surface area (Å²) in [6.45, 7) is 3.99. The van der Waals surface area contributed by atoms with Crippen LogP contribution in [0.1, 0.15) is 43.6 Å². The first-order chi connectivity index (χ1) is 14.5. The first kappa shape index (κ1) is 19.5. The van der Waals surface area contributed by atoms with E-state index >= 15 is 0 Å². The Bertz CT molecular complexity index is 1050. The number of ether oxygens (including phenoxy) is 2. The van der Waals surface area contributed by atoms with Crippen LogP contribution in [0.5, 0.6) is 11.5 Å². The summed E-state index contributed by atoms with van der Waals surface area (Å²) in [6.07, 6.45) is -0.750. The number of benzene rings is 3. The summed E-state index contributed by atoms with van der Waals surface area (Å²) < 4.78 is 10.8. The lowest BCUT2D eigenvalue weighted by molar-refractivity contribution is 0.0883. The molecule has 1 heterocycles. The Morgan fingerprint density at radius 2 is 1.33 bits per heavy atom. The highest BCUT2D eigenvalue weighted by atomic mass is 16.7. The van der Waals surface area contributed by atoms with Gasteiger partial charge < -0.3 is 20.1 Å². The fourth-order valence-electron chi connectivity index (χ4n) is 3.30. The molecule has 0 aromatic heterocycles. The summed E-state index contributed by atoms with van der Waals surface area (Å²) in [5.74, 6) is 0.636. The van der Waals surface area contributed by atoms with Crippen LogP contribution in [0, 0.1) is 13.8 Å². The summed E-state index contributed by atoms with van der Waals surface area (Å²) in [4.78, 5) is 25.7. The number of hydrogen-bond acceptors (Lipinski definition) is 4. The van der Waals surface area contributed by atoms with E-state index in [1.807, 2.05) is 38.1 Å². The molecule has 0 spiro atoms. The van der Waals surface area contributed by atoms with Gasteiger partial charge in [0.05, 0.1) is 0 Å². The van der Waals surface area contributed by atoms with E-state index in [0.717, 1.165) is 11.1 Å². The van der Waals surface area contributed by atoms with Gasteiger partial charge in [-0.25, -0.2) is 0 Å². The highest BCUT2D eigenvalue weighted by Crippen LogP contribution is 2.34. The van der Waals surface area contributed by atoms with Crippen LogP contribution in [0.15, 0.2) is 66.7 Å². The predicted molar refractivity (Wildman–Crippen MR) is 113 cm³/mol. The van der Waals surface area contributed by atoms with Crippen molar-refractivity contribution in [3.8, 4) is 11.5 Å². The molecule has 1 aliphatic rings. The van der Waals surface area contributed by atoms with Gasteiger partial charge in [0, 0.05) is 11.1 Å². The Labute approximate surface area is 174 Å². The van der Waals surface area contributed by atoms with Crippen molar-refractivity contribution < 1.29 is 19.1 Å². The fraction of sp³-hybridized carbons (Fsp3) is 0.167. The fourth-order valence-corrected chi connectivity index (χ4v) is 3.30. The molecule has 6 heteroatoms. The van der Waals surface area contributed by atoms with Crippen molar-refractivity contribution in [3.63, 3.8) is 0 Å². The lowest BCUT2D eigenvalue weighted by Gasteiger charge is -2.21. The number of carbonyl (C=O) groups excluding carboxylic acids is 2. The van der Waals surface area contributed by atoms with Crippen molar-refractivity contribution in [1.82, 2.24) is 10.6 Å². The first-order valence-electron chi connectivity index (χ1n) is 9.64. The Morgan fingerprint density at radius 1 is 0.767 bits per heavy atom. The normalized spacial score (nSPS) is 12.0. The Morgan fingerprint density at radius 3 is 1.90 bits per heavy atom. The summed E-state index contributed by atoms with van der Waals surface area (Å²) in [7, 11) is 0. The number of aryl methyl sites for hydroxylation is 2. The van der Waals surface area contributed by atoms with Crippen LogP contribution in [0.2, 0.25) is 0 Å². The zero-order valence-electron chi connectivity index (χ0n) is 16.8. The number of hydrogen-bond donors (Lipinski definition) is 2. The number of fused-ring (bicyclic) bond motifs is 1. The molecular formula is C24H22N2O4. The maximum absolute atomic E-state index is 12.9. The van der Waals surface area contributed by atoms with E-state index in [9.17, 15) is 9.59 Å². The van der Waals surface area contributed by atoms with Crippen LogP contribution in [-0.2, 0) is 0 Å². The maximum atomic E-state index is 12.9. The van der Waals surface area contributed by atoms with E-state index in [2.05, 4.69) is 10.6 Å². The third kappa shape index (κ3) is 4.27. The lowest BCUT2D eigenvalue weighted by atomic mass is 10.1. The topological polar surface area (TPSA) is 76.7 Å². The van der Waals surface area contributed by atoms with Gasteiger partial charge in [-0.1, -0.05) is 41.5 Å². The molecule has 0 saturated heterocycles. The first-order valence-corrected chi connectivity index (χ1v) is 9.64. The van der Waals surface area contributed by atoms with Crippen LogP contribution in [0.25, 0.3) is 0 Å².